The summed E-state index contributed by atoms with van der Waals surface area (Å²) in [5.41, 5.74) is 0.315. The standard InChI is InChI=1S/C18H16FN3O3/c1-22(17(23)11-25-13-6-4-5-12(19)9-13)10-16-20-15-8-3-2-7-14(15)18(24)21-16/h2-9H,10-11H2,1H3,(H,20,21,24). The van der Waals surface area contributed by atoms with Gasteiger partial charge in [0.25, 0.3) is 11.5 Å². The van der Waals surface area contributed by atoms with Crippen LogP contribution in [0.1, 0.15) is 5.82 Å². The number of nitrogens with zero attached hydrogens (tertiary/aromatic N) is 2. The number of H-pyrrole nitrogens is 1. The normalized spacial score (nSPS) is 10.6. The van der Waals surface area contributed by atoms with Crippen molar-refractivity contribution in [3.63, 3.8) is 0 Å². The van der Waals surface area contributed by atoms with Crippen molar-refractivity contribution >= 4 is 16.8 Å². The van der Waals surface area contributed by atoms with E-state index in [4.69, 9.17) is 4.74 Å². The van der Waals surface area contributed by atoms with Gasteiger partial charge in [-0.25, -0.2) is 9.37 Å². The number of aromatic nitrogens is 2. The Morgan fingerprint density at radius 1 is 1.24 bits per heavy atom. The van der Waals surface area contributed by atoms with Crippen LogP contribution in [0.2, 0.25) is 0 Å². The molecule has 1 N–H and O–H groups in total. The molecule has 0 aliphatic rings. The van der Waals surface area contributed by atoms with Crippen LogP contribution in [0.15, 0.2) is 53.3 Å². The number of benzene rings is 2. The zero-order valence-corrected chi connectivity index (χ0v) is 13.5. The quantitative estimate of drug-likeness (QED) is 0.771. The third-order valence-corrected chi connectivity index (χ3v) is 3.63. The van der Waals surface area contributed by atoms with Crippen LogP contribution in [-0.2, 0) is 11.3 Å². The van der Waals surface area contributed by atoms with E-state index in [1.165, 1.54) is 23.1 Å². The summed E-state index contributed by atoms with van der Waals surface area (Å²) in [6, 6.07) is 12.5. The summed E-state index contributed by atoms with van der Waals surface area (Å²) in [6.07, 6.45) is 0. The van der Waals surface area contributed by atoms with Gasteiger partial charge in [0.2, 0.25) is 0 Å². The Morgan fingerprint density at radius 2 is 2.04 bits per heavy atom. The Hall–Kier alpha value is -3.22. The summed E-state index contributed by atoms with van der Waals surface area (Å²) in [5, 5.41) is 0.495. The molecule has 7 heteroatoms. The van der Waals surface area contributed by atoms with Gasteiger partial charge in [-0.3, -0.25) is 9.59 Å². The topological polar surface area (TPSA) is 75.3 Å². The highest BCUT2D eigenvalue weighted by molar-refractivity contribution is 5.78. The Kier molecular flexibility index (Phi) is 4.74. The second-order valence-electron chi connectivity index (χ2n) is 5.53. The molecule has 0 atom stereocenters. The maximum absolute atomic E-state index is 13.1. The van der Waals surface area contributed by atoms with E-state index < -0.39 is 5.82 Å². The number of amides is 1. The summed E-state index contributed by atoms with van der Waals surface area (Å²) < 4.78 is 18.4. The van der Waals surface area contributed by atoms with Gasteiger partial charge in [-0.15, -0.1) is 0 Å². The van der Waals surface area contributed by atoms with Gasteiger partial charge in [-0.1, -0.05) is 18.2 Å². The van der Waals surface area contributed by atoms with Crippen molar-refractivity contribution < 1.29 is 13.9 Å². The van der Waals surface area contributed by atoms with E-state index in [0.717, 1.165) is 0 Å². The van der Waals surface area contributed by atoms with Crippen LogP contribution in [0, 0.1) is 5.82 Å². The van der Waals surface area contributed by atoms with Crippen molar-refractivity contribution in [2.45, 2.75) is 6.54 Å². The van der Waals surface area contributed by atoms with Gasteiger partial charge in [-0.2, -0.15) is 0 Å². The second-order valence-corrected chi connectivity index (χ2v) is 5.53. The lowest BCUT2D eigenvalue weighted by Crippen LogP contribution is -2.32. The van der Waals surface area contributed by atoms with Gasteiger partial charge in [0.15, 0.2) is 6.61 Å². The lowest BCUT2D eigenvalue weighted by molar-refractivity contribution is -0.132. The monoisotopic (exact) mass is 341 g/mol. The molecule has 1 heterocycles. The number of para-hydroxylation sites is 1. The molecule has 0 saturated heterocycles. The molecule has 1 aromatic heterocycles. The number of likely N-dealkylation sites (N-methyl/N-ethyl adjacent to an activating group) is 1. The Labute approximate surface area is 142 Å². The summed E-state index contributed by atoms with van der Waals surface area (Å²) in [5.74, 6) is -0.0967. The third-order valence-electron chi connectivity index (χ3n) is 3.63. The zero-order valence-electron chi connectivity index (χ0n) is 13.5. The van der Waals surface area contributed by atoms with Crippen molar-refractivity contribution in [1.82, 2.24) is 14.9 Å². The van der Waals surface area contributed by atoms with E-state index >= 15 is 0 Å². The predicted molar refractivity (Wildman–Crippen MR) is 90.7 cm³/mol. The predicted octanol–water partition coefficient (Wildman–Crippen LogP) is 2.10. The molecule has 1 amide bonds. The average Bonchev–Trinajstić information content (AvgIpc) is 2.60. The van der Waals surface area contributed by atoms with E-state index in [0.29, 0.717) is 16.7 Å². The minimum atomic E-state index is -0.434. The highest BCUT2D eigenvalue weighted by atomic mass is 19.1. The highest BCUT2D eigenvalue weighted by Gasteiger charge is 2.13. The first-order chi connectivity index (χ1) is 12.0. The second kappa shape index (κ2) is 7.12. The fourth-order valence-corrected chi connectivity index (χ4v) is 2.33. The largest absolute Gasteiger partial charge is 0.484 e. The molecule has 25 heavy (non-hydrogen) atoms. The number of ether oxygens (including phenoxy) is 1. The number of nitrogens with one attached hydrogen (secondary N) is 1. The van der Waals surface area contributed by atoms with E-state index in [1.807, 2.05) is 0 Å². The molecule has 6 nitrogen and oxygen atoms in total. The van der Waals surface area contributed by atoms with E-state index in [1.54, 1.807) is 37.4 Å². The molecule has 3 rings (SSSR count). The van der Waals surface area contributed by atoms with Crippen molar-refractivity contribution in [3.8, 4) is 5.75 Å². The molecule has 0 saturated carbocycles. The van der Waals surface area contributed by atoms with Gasteiger partial charge in [-0.05, 0) is 24.3 Å². The fraction of sp³-hybridized carbons (Fsp3) is 0.167. The summed E-state index contributed by atoms with van der Waals surface area (Å²) >= 11 is 0. The number of hydrogen-bond acceptors (Lipinski definition) is 4. The van der Waals surface area contributed by atoms with Gasteiger partial charge in [0.1, 0.15) is 17.4 Å². The molecule has 0 unspecified atom stereocenters. The van der Waals surface area contributed by atoms with Crippen molar-refractivity contribution in [2.24, 2.45) is 0 Å². The third kappa shape index (κ3) is 4.00. The summed E-state index contributed by atoms with van der Waals surface area (Å²) in [7, 11) is 1.58. The lowest BCUT2D eigenvalue weighted by atomic mass is 10.2. The van der Waals surface area contributed by atoms with Crippen molar-refractivity contribution in [1.29, 1.82) is 0 Å². The molecular weight excluding hydrogens is 325 g/mol. The molecule has 3 aromatic rings. The van der Waals surface area contributed by atoms with E-state index in [2.05, 4.69) is 9.97 Å². The van der Waals surface area contributed by atoms with Crippen LogP contribution < -0.4 is 10.3 Å². The molecule has 0 aliphatic heterocycles. The number of halogens is 1. The Bertz CT molecular complexity index is 971. The molecular formula is C18H16FN3O3. The summed E-state index contributed by atoms with van der Waals surface area (Å²) in [6.45, 7) is -0.108. The zero-order chi connectivity index (χ0) is 17.8. The fourth-order valence-electron chi connectivity index (χ4n) is 2.33. The smallest absolute Gasteiger partial charge is 0.260 e. The van der Waals surface area contributed by atoms with E-state index in [-0.39, 0.29) is 30.4 Å². The minimum Gasteiger partial charge on any atom is -0.484 e. The number of rotatable bonds is 5. The van der Waals surface area contributed by atoms with Gasteiger partial charge < -0.3 is 14.6 Å². The number of carbonyl (C=O) groups excluding carboxylic acids is 1. The van der Waals surface area contributed by atoms with Crippen LogP contribution in [-0.4, -0.2) is 34.4 Å². The van der Waals surface area contributed by atoms with Crippen molar-refractivity contribution in [2.75, 3.05) is 13.7 Å². The maximum Gasteiger partial charge on any atom is 0.260 e. The maximum atomic E-state index is 13.1. The lowest BCUT2D eigenvalue weighted by Gasteiger charge is -2.17. The average molecular weight is 341 g/mol. The molecule has 0 spiro atoms. The highest BCUT2D eigenvalue weighted by Crippen LogP contribution is 2.12. The van der Waals surface area contributed by atoms with Gasteiger partial charge >= 0.3 is 0 Å². The first-order valence-electron chi connectivity index (χ1n) is 7.63. The number of fused-ring (bicyclic) bond motifs is 1. The first kappa shape index (κ1) is 16.6. The van der Waals surface area contributed by atoms with Crippen molar-refractivity contribution in [3.05, 3.63) is 70.5 Å². The molecule has 0 aliphatic carbocycles. The van der Waals surface area contributed by atoms with Crippen LogP contribution in [0.5, 0.6) is 5.75 Å². The first-order valence-corrected chi connectivity index (χ1v) is 7.63. The summed E-state index contributed by atoms with van der Waals surface area (Å²) in [4.78, 5) is 32.6. The molecule has 2 aromatic carbocycles. The van der Waals surface area contributed by atoms with Crippen LogP contribution >= 0.6 is 0 Å². The van der Waals surface area contributed by atoms with Crippen LogP contribution in [0.4, 0.5) is 4.39 Å². The van der Waals surface area contributed by atoms with Crippen LogP contribution in [0.3, 0.4) is 0 Å². The number of aromatic amines is 1. The molecule has 0 fully saturated rings. The molecule has 128 valence electrons. The minimum absolute atomic E-state index is 0.130. The Morgan fingerprint density at radius 3 is 2.84 bits per heavy atom. The van der Waals surface area contributed by atoms with Gasteiger partial charge in [0.05, 0.1) is 17.4 Å². The van der Waals surface area contributed by atoms with Gasteiger partial charge in [0, 0.05) is 13.1 Å². The molecule has 0 bridgehead atoms. The number of carbonyl (C=O) groups is 1. The van der Waals surface area contributed by atoms with Crippen LogP contribution in [0.25, 0.3) is 10.9 Å². The Balaban J connectivity index is 1.66. The number of hydrogen-bond donors (Lipinski definition) is 1. The van der Waals surface area contributed by atoms with E-state index in [9.17, 15) is 14.0 Å². The molecule has 0 radical (unpaired) electrons. The SMILES string of the molecule is CN(Cc1nc2ccccc2c(=O)[nH]1)C(=O)COc1cccc(F)c1.